The van der Waals surface area contributed by atoms with Crippen LogP contribution in [0.4, 0.5) is 16.0 Å². The number of rotatable bonds is 9. The molecule has 2 N–H and O–H groups in total. The molecule has 188 valence electrons. The van der Waals surface area contributed by atoms with Gasteiger partial charge in [0.25, 0.3) is 0 Å². The minimum absolute atomic E-state index is 0.00176. The largest absolute Gasteiger partial charge is 0.456 e. The number of fused-ring (bicyclic) bond motifs is 1. The number of halogens is 1. The van der Waals surface area contributed by atoms with E-state index in [1.54, 1.807) is 73.1 Å². The number of nitrogens with zero attached hydrogens (tertiary/aromatic N) is 6. The number of ether oxygens (including phenoxy) is 1. The monoisotopic (exact) mass is 492 g/mol. The van der Waals surface area contributed by atoms with E-state index in [1.807, 2.05) is 6.92 Å². The molecule has 4 rings (SSSR count). The Balaban J connectivity index is 1.39. The summed E-state index contributed by atoms with van der Waals surface area (Å²) in [6.45, 7) is 8.04. The topological polar surface area (TPSA) is 124 Å². The van der Waals surface area contributed by atoms with Crippen LogP contribution in [0.2, 0.25) is 0 Å². The van der Waals surface area contributed by atoms with Crippen LogP contribution >= 0.6 is 0 Å². The molecule has 0 radical (unpaired) electrons. The molecular formula is C25H29FN8O2. The second kappa shape index (κ2) is 10.2. The predicted octanol–water partition coefficient (Wildman–Crippen LogP) is 4.34. The Bertz CT molecular complexity index is 1390. The summed E-state index contributed by atoms with van der Waals surface area (Å²) in [4.78, 5) is 20.9. The fourth-order valence-electron chi connectivity index (χ4n) is 3.64. The summed E-state index contributed by atoms with van der Waals surface area (Å²) in [5.74, 6) is -0.537. The molecule has 1 unspecified atom stereocenters. The van der Waals surface area contributed by atoms with Crippen molar-refractivity contribution < 1.29 is 13.9 Å². The highest BCUT2D eigenvalue weighted by Gasteiger charge is 2.21. The first-order valence-corrected chi connectivity index (χ1v) is 11.6. The lowest BCUT2D eigenvalue weighted by Crippen LogP contribution is -2.29. The quantitative estimate of drug-likeness (QED) is 0.263. The summed E-state index contributed by atoms with van der Waals surface area (Å²) < 4.78 is 22.7. The Morgan fingerprint density at radius 2 is 1.97 bits per heavy atom. The van der Waals surface area contributed by atoms with Gasteiger partial charge in [0.15, 0.2) is 5.65 Å². The van der Waals surface area contributed by atoms with Crippen LogP contribution in [0.1, 0.15) is 39.7 Å². The van der Waals surface area contributed by atoms with Gasteiger partial charge in [-0.15, -0.1) is 0 Å². The molecule has 1 aromatic carbocycles. The molecule has 0 amide bonds. The van der Waals surface area contributed by atoms with Gasteiger partial charge in [-0.05, 0) is 32.8 Å². The van der Waals surface area contributed by atoms with Crippen molar-refractivity contribution in [2.45, 2.75) is 52.8 Å². The minimum atomic E-state index is -0.629. The summed E-state index contributed by atoms with van der Waals surface area (Å²) in [6, 6.07) is 6.57. The second-order valence-electron chi connectivity index (χ2n) is 9.73. The smallest absolute Gasteiger partial charge is 0.352 e. The van der Waals surface area contributed by atoms with Gasteiger partial charge >= 0.3 is 5.97 Å². The maximum absolute atomic E-state index is 14.1. The van der Waals surface area contributed by atoms with E-state index < -0.39 is 11.6 Å². The van der Waals surface area contributed by atoms with Crippen molar-refractivity contribution in [3.05, 3.63) is 60.4 Å². The van der Waals surface area contributed by atoms with Gasteiger partial charge in [0.1, 0.15) is 17.1 Å². The van der Waals surface area contributed by atoms with E-state index in [9.17, 15) is 9.18 Å². The van der Waals surface area contributed by atoms with Crippen LogP contribution in [0.3, 0.4) is 0 Å². The Hall–Kier alpha value is -4.15. The van der Waals surface area contributed by atoms with Crippen molar-refractivity contribution in [2.24, 2.45) is 5.92 Å². The predicted molar refractivity (Wildman–Crippen MR) is 134 cm³/mol. The highest BCUT2D eigenvalue weighted by atomic mass is 19.1. The molecule has 3 aromatic heterocycles. The first-order valence-electron chi connectivity index (χ1n) is 11.6. The van der Waals surface area contributed by atoms with Crippen LogP contribution in [0.15, 0.2) is 49.1 Å². The summed E-state index contributed by atoms with van der Waals surface area (Å²) in [7, 11) is 0. The Morgan fingerprint density at radius 3 is 2.72 bits per heavy atom. The SMILES string of the molecule is CC(CC(=N)C(=O)OC(C)(C)C)Cn1cc(Nc2ncc3cnn(Cc4ccccc4F)c3n2)cn1. The van der Waals surface area contributed by atoms with Crippen LogP contribution in [-0.2, 0) is 22.6 Å². The van der Waals surface area contributed by atoms with Crippen molar-refractivity contribution in [2.75, 3.05) is 5.32 Å². The van der Waals surface area contributed by atoms with Gasteiger partial charge in [-0.2, -0.15) is 15.2 Å². The third-order valence-corrected chi connectivity index (χ3v) is 5.24. The van der Waals surface area contributed by atoms with Crippen molar-refractivity contribution in [3.8, 4) is 0 Å². The van der Waals surface area contributed by atoms with E-state index in [2.05, 4.69) is 25.5 Å². The van der Waals surface area contributed by atoms with Crippen molar-refractivity contribution in [1.29, 1.82) is 5.41 Å². The molecule has 0 aliphatic carbocycles. The molecule has 4 aromatic rings. The highest BCUT2D eigenvalue weighted by Crippen LogP contribution is 2.19. The van der Waals surface area contributed by atoms with Gasteiger partial charge in [0.2, 0.25) is 5.95 Å². The first-order chi connectivity index (χ1) is 17.1. The van der Waals surface area contributed by atoms with E-state index in [4.69, 9.17) is 10.1 Å². The third kappa shape index (κ3) is 6.29. The number of carbonyl (C=O) groups excluding carboxylic acids is 1. The number of aromatic nitrogens is 6. The molecule has 10 nitrogen and oxygen atoms in total. The van der Waals surface area contributed by atoms with E-state index in [0.717, 1.165) is 5.39 Å². The zero-order valence-electron chi connectivity index (χ0n) is 20.7. The van der Waals surface area contributed by atoms with Crippen LogP contribution in [0, 0.1) is 17.1 Å². The maximum Gasteiger partial charge on any atom is 0.352 e. The number of benzene rings is 1. The second-order valence-corrected chi connectivity index (χ2v) is 9.73. The molecule has 0 fully saturated rings. The number of carbonyl (C=O) groups is 1. The molecule has 11 heteroatoms. The Kier molecular flexibility index (Phi) is 7.09. The molecule has 0 aliphatic rings. The highest BCUT2D eigenvalue weighted by molar-refractivity contribution is 6.35. The zero-order valence-corrected chi connectivity index (χ0v) is 20.7. The third-order valence-electron chi connectivity index (χ3n) is 5.24. The van der Waals surface area contributed by atoms with Gasteiger partial charge in [0.05, 0.1) is 30.0 Å². The molecule has 0 bridgehead atoms. The minimum Gasteiger partial charge on any atom is -0.456 e. The van der Waals surface area contributed by atoms with Crippen LogP contribution in [0.25, 0.3) is 11.0 Å². The Labute approximate surface area is 208 Å². The van der Waals surface area contributed by atoms with Gasteiger partial charge in [-0.3, -0.25) is 10.1 Å². The van der Waals surface area contributed by atoms with Crippen LogP contribution in [-0.4, -0.2) is 46.8 Å². The standard InChI is InChI=1S/C25H29FN8O2/c1-16(9-21(27)23(35)36-25(2,3)4)13-33-15-19(12-29-33)31-24-28-10-18-11-30-34(22(18)32-24)14-17-7-5-6-8-20(17)26/h5-8,10-12,15-16,27H,9,13-14H2,1-4H3,(H,28,31,32). The van der Waals surface area contributed by atoms with E-state index >= 15 is 0 Å². The molecule has 1 atom stereocenters. The molecule has 0 saturated carbocycles. The van der Waals surface area contributed by atoms with Gasteiger partial charge in [0, 0.05) is 30.9 Å². The molecule has 0 spiro atoms. The van der Waals surface area contributed by atoms with Crippen molar-refractivity contribution in [1.82, 2.24) is 29.5 Å². The fraction of sp³-hybridized carbons (Fsp3) is 0.360. The molecule has 0 aliphatic heterocycles. The molecular weight excluding hydrogens is 463 g/mol. The maximum atomic E-state index is 14.1. The zero-order chi connectivity index (χ0) is 25.9. The number of anilines is 2. The van der Waals surface area contributed by atoms with E-state index in [0.29, 0.717) is 29.4 Å². The van der Waals surface area contributed by atoms with Crippen LogP contribution in [0.5, 0.6) is 0 Å². The first kappa shape index (κ1) is 25.0. The van der Waals surface area contributed by atoms with Gasteiger partial charge in [-0.1, -0.05) is 25.1 Å². The summed E-state index contributed by atoms with van der Waals surface area (Å²) in [5.41, 5.74) is 1.10. The lowest BCUT2D eigenvalue weighted by Gasteiger charge is -2.20. The molecule has 36 heavy (non-hydrogen) atoms. The number of hydrogen-bond donors (Lipinski definition) is 2. The average molecular weight is 493 g/mol. The van der Waals surface area contributed by atoms with Crippen LogP contribution < -0.4 is 5.32 Å². The summed E-state index contributed by atoms with van der Waals surface area (Å²) >= 11 is 0. The Morgan fingerprint density at radius 1 is 1.19 bits per heavy atom. The van der Waals surface area contributed by atoms with Crippen molar-refractivity contribution in [3.63, 3.8) is 0 Å². The number of esters is 1. The number of nitrogens with one attached hydrogen (secondary N) is 2. The van der Waals surface area contributed by atoms with Gasteiger partial charge in [-0.25, -0.2) is 18.9 Å². The van der Waals surface area contributed by atoms with E-state index in [-0.39, 0.29) is 30.4 Å². The van der Waals surface area contributed by atoms with Gasteiger partial charge < -0.3 is 10.1 Å². The average Bonchev–Trinajstić information content (AvgIpc) is 3.40. The fourth-order valence-corrected chi connectivity index (χ4v) is 3.64. The summed E-state index contributed by atoms with van der Waals surface area (Å²) in [5, 5.41) is 20.6. The molecule has 3 heterocycles. The van der Waals surface area contributed by atoms with Crippen molar-refractivity contribution >= 4 is 34.4 Å². The lowest BCUT2D eigenvalue weighted by molar-refractivity contribution is -0.146. The number of hydrogen-bond acceptors (Lipinski definition) is 8. The van der Waals surface area contributed by atoms with E-state index in [1.165, 1.54) is 6.07 Å². The summed E-state index contributed by atoms with van der Waals surface area (Å²) in [6.07, 6.45) is 7.04. The lowest BCUT2D eigenvalue weighted by atomic mass is 10.0. The normalized spacial score (nSPS) is 12.5. The molecule has 0 saturated heterocycles.